The smallest absolute Gasteiger partial charge is 0.310 e. The van der Waals surface area contributed by atoms with Crippen LogP contribution in [0.4, 0.5) is 0 Å². The molecule has 2 atom stereocenters. The van der Waals surface area contributed by atoms with Gasteiger partial charge in [-0.25, -0.2) is 0 Å². The van der Waals surface area contributed by atoms with E-state index in [0.29, 0.717) is 12.6 Å². The third-order valence-electron chi connectivity index (χ3n) is 3.13. The molecule has 0 radical (unpaired) electrons. The lowest BCUT2D eigenvalue weighted by Crippen LogP contribution is -2.44. The number of ether oxygens (including phenoxy) is 1. The zero-order valence-electron chi connectivity index (χ0n) is 9.99. The van der Waals surface area contributed by atoms with Crippen molar-refractivity contribution in [1.29, 1.82) is 0 Å². The van der Waals surface area contributed by atoms with Gasteiger partial charge in [-0.05, 0) is 34.2 Å². The summed E-state index contributed by atoms with van der Waals surface area (Å²) < 4.78 is 5.47. The molecule has 0 bridgehead atoms. The Morgan fingerprint density at radius 3 is 2.60 bits per heavy atom. The van der Waals surface area contributed by atoms with Gasteiger partial charge in [-0.1, -0.05) is 0 Å². The maximum absolute atomic E-state index is 11.0. The number of aliphatic carboxylic acids is 1. The predicted octanol–water partition coefficient (Wildman–Crippen LogP) is 1.21. The summed E-state index contributed by atoms with van der Waals surface area (Å²) in [5.41, 5.74) is -0.697. The maximum Gasteiger partial charge on any atom is 0.310 e. The van der Waals surface area contributed by atoms with Crippen LogP contribution >= 0.6 is 0 Å². The van der Waals surface area contributed by atoms with Crippen LogP contribution < -0.4 is 0 Å². The molecule has 0 spiro atoms. The number of carbonyl (C=O) groups is 1. The Hall–Kier alpha value is -0.610. The van der Waals surface area contributed by atoms with Crippen LogP contribution in [0.5, 0.6) is 0 Å². The van der Waals surface area contributed by atoms with Crippen LogP contribution in [0.25, 0.3) is 0 Å². The van der Waals surface area contributed by atoms with Gasteiger partial charge in [-0.3, -0.25) is 9.69 Å². The molecule has 15 heavy (non-hydrogen) atoms. The van der Waals surface area contributed by atoms with E-state index in [2.05, 4.69) is 4.90 Å². The monoisotopic (exact) mass is 215 g/mol. The van der Waals surface area contributed by atoms with E-state index in [-0.39, 0.29) is 6.10 Å². The van der Waals surface area contributed by atoms with E-state index in [4.69, 9.17) is 9.84 Å². The van der Waals surface area contributed by atoms with Crippen molar-refractivity contribution in [2.24, 2.45) is 5.41 Å². The van der Waals surface area contributed by atoms with Gasteiger partial charge < -0.3 is 9.84 Å². The van der Waals surface area contributed by atoms with Crippen molar-refractivity contribution in [2.75, 3.05) is 20.2 Å². The summed E-state index contributed by atoms with van der Waals surface area (Å²) in [5.74, 6) is -0.749. The molecule has 1 aliphatic heterocycles. The SMILES string of the molecule is CC1OCCC1N(C)CC(C)(C)C(=O)O. The van der Waals surface area contributed by atoms with E-state index in [1.54, 1.807) is 13.8 Å². The molecule has 1 rings (SSSR count). The molecule has 0 saturated carbocycles. The molecule has 0 amide bonds. The van der Waals surface area contributed by atoms with Crippen LogP contribution in [0.2, 0.25) is 0 Å². The fourth-order valence-electron chi connectivity index (χ4n) is 2.11. The van der Waals surface area contributed by atoms with Gasteiger partial charge in [-0.15, -0.1) is 0 Å². The molecular formula is C11H21NO3. The molecule has 1 heterocycles. The molecule has 4 heteroatoms. The summed E-state index contributed by atoms with van der Waals surface area (Å²) in [6.07, 6.45) is 1.20. The Labute approximate surface area is 91.2 Å². The number of carboxylic acid groups (broad SMARTS) is 1. The fraction of sp³-hybridized carbons (Fsp3) is 0.909. The molecule has 0 aliphatic carbocycles. The fourth-order valence-corrected chi connectivity index (χ4v) is 2.11. The van der Waals surface area contributed by atoms with Crippen LogP contribution in [-0.2, 0) is 9.53 Å². The second kappa shape index (κ2) is 4.49. The van der Waals surface area contributed by atoms with Gasteiger partial charge in [0.05, 0.1) is 11.5 Å². The predicted molar refractivity (Wildman–Crippen MR) is 57.9 cm³/mol. The number of hydrogen-bond acceptors (Lipinski definition) is 3. The number of rotatable bonds is 4. The number of likely N-dealkylation sites (N-methyl/N-ethyl adjacent to an activating group) is 1. The Kier molecular flexibility index (Phi) is 3.73. The molecular weight excluding hydrogens is 194 g/mol. The normalized spacial score (nSPS) is 27.3. The highest BCUT2D eigenvalue weighted by Gasteiger charge is 2.34. The lowest BCUT2D eigenvalue weighted by atomic mass is 9.92. The highest BCUT2D eigenvalue weighted by molar-refractivity contribution is 5.73. The second-order valence-corrected chi connectivity index (χ2v) is 5.04. The molecule has 0 aromatic heterocycles. The number of nitrogens with zero attached hydrogens (tertiary/aromatic N) is 1. The second-order valence-electron chi connectivity index (χ2n) is 5.04. The highest BCUT2D eigenvalue weighted by Crippen LogP contribution is 2.23. The average molecular weight is 215 g/mol. The minimum absolute atomic E-state index is 0.208. The van der Waals surface area contributed by atoms with Crippen molar-refractivity contribution in [1.82, 2.24) is 4.90 Å². The summed E-state index contributed by atoms with van der Waals surface area (Å²) in [5, 5.41) is 9.04. The Morgan fingerprint density at radius 2 is 2.20 bits per heavy atom. The van der Waals surface area contributed by atoms with Crippen LogP contribution in [0.15, 0.2) is 0 Å². The van der Waals surface area contributed by atoms with E-state index < -0.39 is 11.4 Å². The Balaban J connectivity index is 2.54. The van der Waals surface area contributed by atoms with Crippen molar-refractivity contribution in [3.8, 4) is 0 Å². The van der Waals surface area contributed by atoms with Crippen LogP contribution in [-0.4, -0.2) is 48.3 Å². The Bertz CT molecular complexity index is 240. The molecule has 2 unspecified atom stereocenters. The summed E-state index contributed by atoms with van der Waals surface area (Å²) >= 11 is 0. The largest absolute Gasteiger partial charge is 0.481 e. The minimum atomic E-state index is -0.749. The average Bonchev–Trinajstić information content (AvgIpc) is 2.50. The first kappa shape index (κ1) is 12.5. The van der Waals surface area contributed by atoms with Gasteiger partial charge in [0.2, 0.25) is 0 Å². The lowest BCUT2D eigenvalue weighted by molar-refractivity contribution is -0.148. The van der Waals surface area contributed by atoms with Crippen LogP contribution in [0, 0.1) is 5.41 Å². The summed E-state index contributed by atoms with van der Waals surface area (Å²) in [6, 6.07) is 0.351. The molecule has 0 aromatic carbocycles. The van der Waals surface area contributed by atoms with Crippen molar-refractivity contribution in [2.45, 2.75) is 39.3 Å². The highest BCUT2D eigenvalue weighted by atomic mass is 16.5. The number of hydrogen-bond donors (Lipinski definition) is 1. The third-order valence-corrected chi connectivity index (χ3v) is 3.13. The molecule has 0 aromatic rings. The van der Waals surface area contributed by atoms with Crippen molar-refractivity contribution in [3.63, 3.8) is 0 Å². The van der Waals surface area contributed by atoms with Crippen LogP contribution in [0.3, 0.4) is 0 Å². The summed E-state index contributed by atoms with van der Waals surface area (Å²) in [6.45, 7) is 6.89. The van der Waals surface area contributed by atoms with Crippen molar-refractivity contribution in [3.05, 3.63) is 0 Å². The molecule has 88 valence electrons. The summed E-state index contributed by atoms with van der Waals surface area (Å²) in [7, 11) is 1.97. The van der Waals surface area contributed by atoms with E-state index in [9.17, 15) is 4.79 Å². The van der Waals surface area contributed by atoms with Crippen molar-refractivity contribution >= 4 is 5.97 Å². The first-order chi connectivity index (χ1) is 6.84. The minimum Gasteiger partial charge on any atom is -0.481 e. The van der Waals surface area contributed by atoms with Crippen LogP contribution in [0.1, 0.15) is 27.2 Å². The standard InChI is InChI=1S/C11H21NO3/c1-8-9(5-6-15-8)12(4)7-11(2,3)10(13)14/h8-9H,5-7H2,1-4H3,(H,13,14). The Morgan fingerprint density at radius 1 is 1.60 bits per heavy atom. The van der Waals surface area contributed by atoms with Gasteiger partial charge in [0, 0.05) is 19.2 Å². The van der Waals surface area contributed by atoms with E-state index in [0.717, 1.165) is 13.0 Å². The van der Waals surface area contributed by atoms with E-state index >= 15 is 0 Å². The van der Waals surface area contributed by atoms with Gasteiger partial charge >= 0.3 is 5.97 Å². The number of carboxylic acids is 1. The van der Waals surface area contributed by atoms with Crippen molar-refractivity contribution < 1.29 is 14.6 Å². The van der Waals surface area contributed by atoms with E-state index in [1.807, 2.05) is 14.0 Å². The first-order valence-corrected chi connectivity index (χ1v) is 5.40. The topological polar surface area (TPSA) is 49.8 Å². The van der Waals surface area contributed by atoms with Gasteiger partial charge in [0.1, 0.15) is 0 Å². The maximum atomic E-state index is 11.0. The first-order valence-electron chi connectivity index (χ1n) is 5.40. The molecule has 1 fully saturated rings. The van der Waals surface area contributed by atoms with Gasteiger partial charge in [0.15, 0.2) is 0 Å². The zero-order chi connectivity index (χ0) is 11.6. The van der Waals surface area contributed by atoms with Gasteiger partial charge in [0.25, 0.3) is 0 Å². The zero-order valence-corrected chi connectivity index (χ0v) is 9.99. The van der Waals surface area contributed by atoms with Gasteiger partial charge in [-0.2, -0.15) is 0 Å². The molecule has 1 aliphatic rings. The summed E-state index contributed by atoms with van der Waals surface area (Å²) in [4.78, 5) is 13.1. The molecule has 1 N–H and O–H groups in total. The quantitative estimate of drug-likeness (QED) is 0.765. The molecule has 4 nitrogen and oxygen atoms in total. The molecule has 1 saturated heterocycles. The van der Waals surface area contributed by atoms with E-state index in [1.165, 1.54) is 0 Å². The third kappa shape index (κ3) is 2.92. The lowest BCUT2D eigenvalue weighted by Gasteiger charge is -2.32.